The standard InChI is InChI=1S/C22H33N3O2/c1-16-8-12-25(13-9-16)22(27)19-10-14-24(15-11-19)18(3)21(26)23-20-7-5-4-6-17(20)2/h4-7,16,18-19H,8-15H2,1-3H3,(H,23,26). The Morgan fingerprint density at radius 3 is 2.30 bits per heavy atom. The van der Waals surface area contributed by atoms with Crippen LogP contribution in [0.3, 0.4) is 0 Å². The maximum Gasteiger partial charge on any atom is 0.241 e. The summed E-state index contributed by atoms with van der Waals surface area (Å²) in [4.78, 5) is 29.7. The van der Waals surface area contributed by atoms with Crippen molar-refractivity contribution >= 4 is 17.5 Å². The summed E-state index contributed by atoms with van der Waals surface area (Å²) in [6.07, 6.45) is 3.96. The van der Waals surface area contributed by atoms with Gasteiger partial charge in [0.25, 0.3) is 0 Å². The van der Waals surface area contributed by atoms with E-state index in [2.05, 4.69) is 22.0 Å². The average Bonchev–Trinajstić information content (AvgIpc) is 2.69. The van der Waals surface area contributed by atoms with Gasteiger partial charge in [-0.3, -0.25) is 14.5 Å². The molecule has 1 atom stereocenters. The van der Waals surface area contributed by atoms with E-state index in [4.69, 9.17) is 0 Å². The third-order valence-corrected chi connectivity index (χ3v) is 6.30. The van der Waals surface area contributed by atoms with E-state index in [1.165, 1.54) is 0 Å². The van der Waals surface area contributed by atoms with Gasteiger partial charge in [-0.1, -0.05) is 25.1 Å². The van der Waals surface area contributed by atoms with Gasteiger partial charge < -0.3 is 10.2 Å². The van der Waals surface area contributed by atoms with E-state index in [0.29, 0.717) is 5.91 Å². The number of benzene rings is 1. The summed E-state index contributed by atoms with van der Waals surface area (Å²) in [5.41, 5.74) is 1.94. The minimum Gasteiger partial charge on any atom is -0.342 e. The highest BCUT2D eigenvalue weighted by Crippen LogP contribution is 2.25. The molecule has 0 aliphatic carbocycles. The minimum atomic E-state index is -0.184. The number of anilines is 1. The molecule has 2 fully saturated rings. The Bertz CT molecular complexity index is 659. The molecule has 1 N–H and O–H groups in total. The Balaban J connectivity index is 1.48. The van der Waals surface area contributed by atoms with Gasteiger partial charge in [0.15, 0.2) is 0 Å². The predicted octanol–water partition coefficient (Wildman–Crippen LogP) is 3.29. The fraction of sp³-hybridized carbons (Fsp3) is 0.636. The number of hydrogen-bond acceptors (Lipinski definition) is 3. The highest BCUT2D eigenvalue weighted by molar-refractivity contribution is 5.95. The Hall–Kier alpha value is -1.88. The molecule has 1 aromatic carbocycles. The minimum absolute atomic E-state index is 0.0269. The Morgan fingerprint density at radius 2 is 1.67 bits per heavy atom. The van der Waals surface area contributed by atoms with Crippen LogP contribution in [0.4, 0.5) is 5.69 Å². The van der Waals surface area contributed by atoms with E-state index in [0.717, 1.165) is 69.0 Å². The molecule has 2 saturated heterocycles. The molecule has 0 saturated carbocycles. The molecule has 5 heteroatoms. The van der Waals surface area contributed by atoms with Crippen LogP contribution in [0.5, 0.6) is 0 Å². The van der Waals surface area contributed by atoms with Crippen molar-refractivity contribution in [3.8, 4) is 0 Å². The summed E-state index contributed by atoms with van der Waals surface area (Å²) in [5.74, 6) is 1.22. The number of aryl methyl sites for hydroxylation is 1. The number of piperidine rings is 2. The van der Waals surface area contributed by atoms with E-state index < -0.39 is 0 Å². The zero-order chi connectivity index (χ0) is 19.4. The predicted molar refractivity (Wildman–Crippen MR) is 109 cm³/mol. The molecule has 27 heavy (non-hydrogen) atoms. The first-order valence-electron chi connectivity index (χ1n) is 10.3. The first kappa shape index (κ1) is 19.9. The second kappa shape index (κ2) is 8.87. The van der Waals surface area contributed by atoms with Crippen molar-refractivity contribution < 1.29 is 9.59 Å². The highest BCUT2D eigenvalue weighted by atomic mass is 16.2. The molecule has 0 spiro atoms. The molecule has 2 amide bonds. The SMILES string of the molecule is Cc1ccccc1NC(=O)C(C)N1CCC(C(=O)N2CCC(C)CC2)CC1. The second-order valence-electron chi connectivity index (χ2n) is 8.30. The monoisotopic (exact) mass is 371 g/mol. The van der Waals surface area contributed by atoms with Gasteiger partial charge in [0.2, 0.25) is 11.8 Å². The maximum atomic E-state index is 12.8. The van der Waals surface area contributed by atoms with E-state index >= 15 is 0 Å². The van der Waals surface area contributed by atoms with Crippen LogP contribution in [-0.2, 0) is 9.59 Å². The molecule has 2 aliphatic rings. The van der Waals surface area contributed by atoms with E-state index in [1.54, 1.807) is 0 Å². The number of carbonyl (C=O) groups is 2. The summed E-state index contributed by atoms with van der Waals surface area (Å²) in [7, 11) is 0. The van der Waals surface area contributed by atoms with Gasteiger partial charge >= 0.3 is 0 Å². The fourth-order valence-corrected chi connectivity index (χ4v) is 4.14. The number of nitrogens with one attached hydrogen (secondary N) is 1. The lowest BCUT2D eigenvalue weighted by Crippen LogP contribution is -2.49. The molecular formula is C22H33N3O2. The van der Waals surface area contributed by atoms with Crippen LogP contribution in [-0.4, -0.2) is 53.8 Å². The first-order valence-corrected chi connectivity index (χ1v) is 10.3. The number of likely N-dealkylation sites (tertiary alicyclic amines) is 2. The van der Waals surface area contributed by atoms with Gasteiger partial charge in [0.05, 0.1) is 6.04 Å². The molecule has 0 radical (unpaired) electrons. The van der Waals surface area contributed by atoms with Gasteiger partial charge in [0.1, 0.15) is 0 Å². The number of hydrogen-bond donors (Lipinski definition) is 1. The van der Waals surface area contributed by atoms with Gasteiger partial charge in [-0.15, -0.1) is 0 Å². The molecule has 1 aromatic rings. The highest BCUT2D eigenvalue weighted by Gasteiger charge is 2.32. The van der Waals surface area contributed by atoms with Crippen LogP contribution < -0.4 is 5.32 Å². The van der Waals surface area contributed by atoms with E-state index in [-0.39, 0.29) is 17.9 Å². The average molecular weight is 372 g/mol. The summed E-state index contributed by atoms with van der Waals surface area (Å²) in [5, 5.41) is 3.04. The number of rotatable bonds is 4. The summed E-state index contributed by atoms with van der Waals surface area (Å²) in [6.45, 7) is 9.67. The first-order chi connectivity index (χ1) is 13.0. The lowest BCUT2D eigenvalue weighted by Gasteiger charge is -2.38. The van der Waals surface area contributed by atoms with Gasteiger partial charge in [-0.2, -0.15) is 0 Å². The molecule has 5 nitrogen and oxygen atoms in total. The van der Waals surface area contributed by atoms with Crippen molar-refractivity contribution in [2.24, 2.45) is 11.8 Å². The van der Waals surface area contributed by atoms with Crippen molar-refractivity contribution in [3.63, 3.8) is 0 Å². The largest absolute Gasteiger partial charge is 0.342 e. The van der Waals surface area contributed by atoms with Gasteiger partial charge in [-0.05, 0) is 70.2 Å². The third-order valence-electron chi connectivity index (χ3n) is 6.30. The van der Waals surface area contributed by atoms with Crippen molar-refractivity contribution in [2.75, 3.05) is 31.5 Å². The Kier molecular flexibility index (Phi) is 6.53. The van der Waals surface area contributed by atoms with E-state index in [1.807, 2.05) is 38.1 Å². The topological polar surface area (TPSA) is 52.7 Å². The quantitative estimate of drug-likeness (QED) is 0.884. The molecule has 0 aromatic heterocycles. The maximum absolute atomic E-state index is 12.8. The number of carbonyl (C=O) groups excluding carboxylic acids is 2. The lowest BCUT2D eigenvalue weighted by molar-refractivity contribution is -0.138. The van der Waals surface area contributed by atoms with Crippen LogP contribution in [0.25, 0.3) is 0 Å². The zero-order valence-electron chi connectivity index (χ0n) is 16.9. The summed E-state index contributed by atoms with van der Waals surface area (Å²) >= 11 is 0. The van der Waals surface area contributed by atoms with E-state index in [9.17, 15) is 9.59 Å². The number of para-hydroxylation sites is 1. The van der Waals surface area contributed by atoms with Crippen LogP contribution in [0.15, 0.2) is 24.3 Å². The van der Waals surface area contributed by atoms with Crippen molar-refractivity contribution in [1.82, 2.24) is 9.80 Å². The summed E-state index contributed by atoms with van der Waals surface area (Å²) < 4.78 is 0. The Labute approximate surface area is 163 Å². The number of amides is 2. The van der Waals surface area contributed by atoms with Crippen LogP contribution in [0.1, 0.15) is 45.1 Å². The molecule has 148 valence electrons. The van der Waals surface area contributed by atoms with Gasteiger partial charge in [0, 0.05) is 24.7 Å². The summed E-state index contributed by atoms with van der Waals surface area (Å²) in [6, 6.07) is 7.66. The third kappa shape index (κ3) is 4.89. The lowest BCUT2D eigenvalue weighted by atomic mass is 9.92. The number of nitrogens with zero attached hydrogens (tertiary/aromatic N) is 2. The normalized spacial score (nSPS) is 21.1. The smallest absolute Gasteiger partial charge is 0.241 e. The van der Waals surface area contributed by atoms with Crippen molar-refractivity contribution in [2.45, 2.75) is 52.5 Å². The van der Waals surface area contributed by atoms with Gasteiger partial charge in [-0.25, -0.2) is 0 Å². The van der Waals surface area contributed by atoms with Crippen molar-refractivity contribution in [3.05, 3.63) is 29.8 Å². The van der Waals surface area contributed by atoms with Crippen LogP contribution >= 0.6 is 0 Å². The van der Waals surface area contributed by atoms with Crippen molar-refractivity contribution in [1.29, 1.82) is 0 Å². The fourth-order valence-electron chi connectivity index (χ4n) is 4.14. The van der Waals surface area contributed by atoms with Crippen LogP contribution in [0, 0.1) is 18.8 Å². The Morgan fingerprint density at radius 1 is 1.04 bits per heavy atom. The molecule has 1 unspecified atom stereocenters. The molecule has 2 heterocycles. The molecule has 0 bridgehead atoms. The second-order valence-corrected chi connectivity index (χ2v) is 8.30. The van der Waals surface area contributed by atoms with Crippen LogP contribution in [0.2, 0.25) is 0 Å². The molecular weight excluding hydrogens is 338 g/mol. The zero-order valence-corrected chi connectivity index (χ0v) is 16.9. The molecule has 3 rings (SSSR count). The molecule has 2 aliphatic heterocycles.